The van der Waals surface area contributed by atoms with Crippen molar-refractivity contribution < 1.29 is 18.6 Å². The van der Waals surface area contributed by atoms with Crippen molar-refractivity contribution in [1.82, 2.24) is 9.36 Å². The Bertz CT molecular complexity index is 1140. The van der Waals surface area contributed by atoms with Crippen molar-refractivity contribution >= 4 is 23.2 Å². The number of hydrogen-bond donors (Lipinski definition) is 1. The molecule has 1 aliphatic rings. The normalized spacial score (nSPS) is 13.4. The Labute approximate surface area is 168 Å². The molecule has 5 nitrogen and oxygen atoms in total. The number of fused-ring (bicyclic) bond motifs is 1. The molecule has 28 heavy (non-hydrogen) atoms. The van der Waals surface area contributed by atoms with Gasteiger partial charge in [-0.2, -0.15) is 0 Å². The zero-order chi connectivity index (χ0) is 20.0. The van der Waals surface area contributed by atoms with E-state index in [4.69, 9.17) is 27.9 Å². The molecule has 4 rings (SSSR count). The van der Waals surface area contributed by atoms with Crippen LogP contribution in [0.1, 0.15) is 12.8 Å². The van der Waals surface area contributed by atoms with E-state index in [2.05, 4.69) is 0 Å². The molecule has 1 aromatic heterocycles. The van der Waals surface area contributed by atoms with Gasteiger partial charge in [0.15, 0.2) is 11.5 Å². The van der Waals surface area contributed by atoms with Gasteiger partial charge in [-0.3, -0.25) is 9.48 Å². The molecule has 1 aliphatic heterocycles. The number of nitrogens with zero attached hydrogens (tertiary/aromatic N) is 2. The minimum absolute atomic E-state index is 0.00962. The lowest BCUT2D eigenvalue weighted by atomic mass is 10.1. The molecule has 0 amide bonds. The molecule has 0 saturated carbocycles. The molecule has 0 saturated heterocycles. The van der Waals surface area contributed by atoms with Gasteiger partial charge in [-0.1, -0.05) is 23.2 Å². The molecule has 3 aromatic rings. The Morgan fingerprint density at radius 1 is 1.00 bits per heavy atom. The summed E-state index contributed by atoms with van der Waals surface area (Å²) >= 11 is 12.4. The summed E-state index contributed by atoms with van der Waals surface area (Å²) in [6.07, 6.45) is 1.70. The molecule has 9 heteroatoms. The van der Waals surface area contributed by atoms with Gasteiger partial charge in [-0.25, -0.2) is 13.5 Å². The first-order valence-corrected chi connectivity index (χ1v) is 9.27. The maximum absolute atomic E-state index is 14.7. The largest absolute Gasteiger partial charge is 0.504 e. The Morgan fingerprint density at radius 3 is 2.39 bits per heavy atom. The first-order valence-electron chi connectivity index (χ1n) is 8.51. The van der Waals surface area contributed by atoms with Crippen molar-refractivity contribution in [3.63, 3.8) is 0 Å². The molecular weight excluding hydrogens is 413 g/mol. The van der Waals surface area contributed by atoms with E-state index in [-0.39, 0.29) is 32.8 Å². The Morgan fingerprint density at radius 2 is 1.71 bits per heavy atom. The van der Waals surface area contributed by atoms with Gasteiger partial charge in [-0.15, -0.1) is 0 Å². The Kier molecular flexibility index (Phi) is 4.81. The third-order valence-corrected chi connectivity index (χ3v) is 5.27. The standard InChI is InChI=1S/C19H14Cl2F2N2O3/c20-12-9-13(23)11(8-16(12)28-15-4-3-10(22)7-14(15)26)17-18(21)24-5-1-2-6-25(24)19(17)27/h3-4,7-9,26H,1-2,5-6H2. The van der Waals surface area contributed by atoms with Crippen LogP contribution >= 0.6 is 23.2 Å². The predicted molar refractivity (Wildman–Crippen MR) is 101 cm³/mol. The molecule has 146 valence electrons. The number of rotatable bonds is 3. The fourth-order valence-electron chi connectivity index (χ4n) is 3.25. The summed E-state index contributed by atoms with van der Waals surface area (Å²) < 4.78 is 36.5. The Hall–Kier alpha value is -2.51. The maximum atomic E-state index is 14.7. The lowest BCUT2D eigenvalue weighted by Crippen LogP contribution is -2.27. The van der Waals surface area contributed by atoms with E-state index in [1.165, 1.54) is 16.8 Å². The molecule has 0 bridgehead atoms. The fraction of sp³-hybridized carbons (Fsp3) is 0.211. The lowest BCUT2D eigenvalue weighted by Gasteiger charge is -2.17. The van der Waals surface area contributed by atoms with E-state index in [0.717, 1.165) is 31.0 Å². The topological polar surface area (TPSA) is 56.4 Å². The smallest absolute Gasteiger partial charge is 0.276 e. The summed E-state index contributed by atoms with van der Waals surface area (Å²) in [5.74, 6) is -1.90. The van der Waals surface area contributed by atoms with Crippen LogP contribution in [0.3, 0.4) is 0 Å². The van der Waals surface area contributed by atoms with Crippen molar-refractivity contribution in [2.75, 3.05) is 0 Å². The summed E-state index contributed by atoms with van der Waals surface area (Å²) in [6.45, 7) is 1.07. The average Bonchev–Trinajstić information content (AvgIpc) is 2.91. The summed E-state index contributed by atoms with van der Waals surface area (Å²) in [6, 6.07) is 5.43. The van der Waals surface area contributed by atoms with Crippen LogP contribution in [0, 0.1) is 11.6 Å². The van der Waals surface area contributed by atoms with Gasteiger partial charge in [0.2, 0.25) is 0 Å². The molecule has 0 spiro atoms. The average molecular weight is 427 g/mol. The van der Waals surface area contributed by atoms with Crippen LogP contribution in [0.15, 0.2) is 35.1 Å². The number of phenolic OH excluding ortho intramolecular Hbond substituents is 1. The SMILES string of the molecule is O=c1c(-c2cc(Oc3ccc(F)cc3O)c(Cl)cc2F)c(Cl)n2n1CCCC2. The highest BCUT2D eigenvalue weighted by atomic mass is 35.5. The van der Waals surface area contributed by atoms with Gasteiger partial charge in [0.1, 0.15) is 22.5 Å². The highest BCUT2D eigenvalue weighted by Crippen LogP contribution is 2.39. The van der Waals surface area contributed by atoms with Crippen molar-refractivity contribution in [3.8, 4) is 28.4 Å². The molecule has 0 fully saturated rings. The number of aromatic nitrogens is 2. The van der Waals surface area contributed by atoms with Gasteiger partial charge in [-0.05, 0) is 37.1 Å². The number of benzene rings is 2. The highest BCUT2D eigenvalue weighted by molar-refractivity contribution is 6.33. The van der Waals surface area contributed by atoms with Crippen molar-refractivity contribution in [1.29, 1.82) is 0 Å². The van der Waals surface area contributed by atoms with Crippen molar-refractivity contribution in [2.45, 2.75) is 25.9 Å². The lowest BCUT2D eigenvalue weighted by molar-refractivity contribution is 0.356. The molecule has 2 heterocycles. The molecule has 0 radical (unpaired) electrons. The Balaban J connectivity index is 1.83. The molecule has 0 atom stereocenters. The van der Waals surface area contributed by atoms with Crippen LogP contribution in [0.25, 0.3) is 11.1 Å². The van der Waals surface area contributed by atoms with Crippen LogP contribution < -0.4 is 10.3 Å². The fourth-order valence-corrected chi connectivity index (χ4v) is 3.79. The first kappa shape index (κ1) is 18.8. The molecule has 0 aliphatic carbocycles. The summed E-state index contributed by atoms with van der Waals surface area (Å²) in [7, 11) is 0. The number of phenols is 1. The van der Waals surface area contributed by atoms with Crippen LogP contribution in [-0.4, -0.2) is 14.5 Å². The summed E-state index contributed by atoms with van der Waals surface area (Å²) in [4.78, 5) is 12.8. The minimum Gasteiger partial charge on any atom is -0.504 e. The minimum atomic E-state index is -0.733. The van der Waals surface area contributed by atoms with Gasteiger partial charge < -0.3 is 9.84 Å². The van der Waals surface area contributed by atoms with Crippen LogP contribution in [0.2, 0.25) is 10.2 Å². The van der Waals surface area contributed by atoms with E-state index >= 15 is 0 Å². The number of hydrogen-bond acceptors (Lipinski definition) is 3. The van der Waals surface area contributed by atoms with Crippen LogP contribution in [0.4, 0.5) is 8.78 Å². The van der Waals surface area contributed by atoms with Crippen molar-refractivity contribution in [3.05, 3.63) is 62.5 Å². The van der Waals surface area contributed by atoms with E-state index in [1.54, 1.807) is 4.68 Å². The van der Waals surface area contributed by atoms with Gasteiger partial charge in [0.05, 0.1) is 10.6 Å². The third-order valence-electron chi connectivity index (χ3n) is 4.59. The predicted octanol–water partition coefficient (Wildman–Crippen LogP) is 5.19. The van der Waals surface area contributed by atoms with E-state index in [1.807, 2.05) is 0 Å². The van der Waals surface area contributed by atoms with Gasteiger partial charge in [0, 0.05) is 24.7 Å². The molecule has 1 N–H and O–H groups in total. The maximum Gasteiger partial charge on any atom is 0.276 e. The number of ether oxygens (including phenoxy) is 1. The second-order valence-corrected chi connectivity index (χ2v) is 7.17. The summed E-state index contributed by atoms with van der Waals surface area (Å²) in [5.41, 5.74) is -0.446. The monoisotopic (exact) mass is 426 g/mol. The second-order valence-electron chi connectivity index (χ2n) is 6.40. The zero-order valence-corrected chi connectivity index (χ0v) is 15.9. The molecule has 0 unspecified atom stereocenters. The van der Waals surface area contributed by atoms with Crippen LogP contribution in [0.5, 0.6) is 17.2 Å². The molecule has 2 aromatic carbocycles. The number of aromatic hydroxyl groups is 1. The third kappa shape index (κ3) is 3.14. The zero-order valence-electron chi connectivity index (χ0n) is 14.4. The molecular formula is C19H14Cl2F2N2O3. The first-order chi connectivity index (χ1) is 13.4. The van der Waals surface area contributed by atoms with Crippen LogP contribution in [-0.2, 0) is 13.1 Å². The van der Waals surface area contributed by atoms with Crippen molar-refractivity contribution in [2.24, 2.45) is 0 Å². The van der Waals surface area contributed by atoms with E-state index in [0.29, 0.717) is 13.1 Å². The van der Waals surface area contributed by atoms with E-state index < -0.39 is 22.9 Å². The highest BCUT2D eigenvalue weighted by Gasteiger charge is 2.25. The van der Waals surface area contributed by atoms with E-state index in [9.17, 15) is 18.7 Å². The number of halogens is 4. The second kappa shape index (κ2) is 7.14. The van der Waals surface area contributed by atoms with Gasteiger partial charge >= 0.3 is 0 Å². The quantitative estimate of drug-likeness (QED) is 0.626. The van der Waals surface area contributed by atoms with Gasteiger partial charge in [0.25, 0.3) is 5.56 Å². The summed E-state index contributed by atoms with van der Waals surface area (Å²) in [5, 5.41) is 9.88.